The molecule has 9 heteroatoms. The lowest BCUT2D eigenvalue weighted by Gasteiger charge is -2.22. The summed E-state index contributed by atoms with van der Waals surface area (Å²) in [6, 6.07) is 15.3. The number of fused-ring (bicyclic) bond motifs is 3. The van der Waals surface area contributed by atoms with E-state index in [1.807, 2.05) is 50.2 Å². The molecule has 0 spiro atoms. The van der Waals surface area contributed by atoms with Crippen LogP contribution >= 0.6 is 11.3 Å². The van der Waals surface area contributed by atoms with Crippen LogP contribution in [0, 0.1) is 12.8 Å². The molecule has 35 heavy (non-hydrogen) atoms. The molecule has 3 N–H and O–H groups in total. The number of aryl methyl sites for hydroxylation is 1. The van der Waals surface area contributed by atoms with E-state index in [1.54, 1.807) is 6.92 Å². The average Bonchev–Trinajstić information content (AvgIpc) is 3.37. The van der Waals surface area contributed by atoms with Crippen molar-refractivity contribution < 1.29 is 24.2 Å². The smallest absolute Gasteiger partial charge is 0.407 e. The number of carbonyl (C=O) groups excluding carboxylic acids is 2. The third kappa shape index (κ3) is 5.19. The highest BCUT2D eigenvalue weighted by atomic mass is 32.1. The van der Waals surface area contributed by atoms with Gasteiger partial charge in [0.15, 0.2) is 0 Å². The number of carboxylic acid groups (broad SMARTS) is 1. The zero-order chi connectivity index (χ0) is 25.1. The Labute approximate surface area is 207 Å². The number of carboxylic acids is 1. The minimum absolute atomic E-state index is 0.0731. The molecule has 0 fully saturated rings. The number of thiazole rings is 1. The minimum atomic E-state index is -1.05. The maximum atomic E-state index is 12.8. The zero-order valence-corrected chi connectivity index (χ0v) is 20.5. The number of benzene rings is 2. The number of amides is 2. The fraction of sp³-hybridized carbons (Fsp3) is 0.308. The van der Waals surface area contributed by atoms with Crippen LogP contribution in [0.4, 0.5) is 4.79 Å². The van der Waals surface area contributed by atoms with E-state index in [0.29, 0.717) is 10.7 Å². The van der Waals surface area contributed by atoms with Gasteiger partial charge in [-0.1, -0.05) is 62.4 Å². The lowest BCUT2D eigenvalue weighted by molar-refractivity contribution is -0.124. The van der Waals surface area contributed by atoms with Crippen molar-refractivity contribution in [3.8, 4) is 11.1 Å². The van der Waals surface area contributed by atoms with Crippen LogP contribution in [-0.4, -0.2) is 40.7 Å². The summed E-state index contributed by atoms with van der Waals surface area (Å²) in [6.45, 7) is 5.49. The van der Waals surface area contributed by atoms with Gasteiger partial charge in [0.2, 0.25) is 5.91 Å². The second-order valence-electron chi connectivity index (χ2n) is 8.74. The summed E-state index contributed by atoms with van der Waals surface area (Å²) in [5.41, 5.74) is 4.90. The maximum Gasteiger partial charge on any atom is 0.407 e. The quantitative estimate of drug-likeness (QED) is 0.430. The van der Waals surface area contributed by atoms with Gasteiger partial charge in [-0.3, -0.25) is 4.79 Å². The molecule has 0 aliphatic heterocycles. The Morgan fingerprint density at radius 2 is 1.66 bits per heavy atom. The minimum Gasteiger partial charge on any atom is -0.477 e. The second-order valence-corrected chi connectivity index (χ2v) is 9.82. The lowest BCUT2D eigenvalue weighted by atomic mass is 9.98. The van der Waals surface area contributed by atoms with Crippen LogP contribution in [-0.2, 0) is 16.1 Å². The van der Waals surface area contributed by atoms with Crippen LogP contribution in [0.3, 0.4) is 0 Å². The molecule has 0 saturated heterocycles. The predicted octanol–water partition coefficient (Wildman–Crippen LogP) is 4.33. The van der Waals surface area contributed by atoms with Gasteiger partial charge in [0.1, 0.15) is 22.5 Å². The molecule has 0 unspecified atom stereocenters. The second kappa shape index (κ2) is 10.3. The van der Waals surface area contributed by atoms with Crippen molar-refractivity contribution in [2.24, 2.45) is 5.92 Å². The van der Waals surface area contributed by atoms with Crippen molar-refractivity contribution in [3.63, 3.8) is 0 Å². The highest BCUT2D eigenvalue weighted by Gasteiger charge is 2.30. The number of alkyl carbamates (subject to hydrolysis) is 1. The molecule has 1 aliphatic carbocycles. The summed E-state index contributed by atoms with van der Waals surface area (Å²) in [7, 11) is 0. The molecule has 1 aliphatic rings. The molecular formula is C26H27N3O5S. The van der Waals surface area contributed by atoms with E-state index in [4.69, 9.17) is 4.74 Å². The topological polar surface area (TPSA) is 118 Å². The van der Waals surface area contributed by atoms with E-state index in [2.05, 4.69) is 27.8 Å². The third-order valence-corrected chi connectivity index (χ3v) is 7.16. The van der Waals surface area contributed by atoms with Crippen LogP contribution in [0.2, 0.25) is 0 Å². The highest BCUT2D eigenvalue weighted by Crippen LogP contribution is 2.44. The number of carbonyl (C=O) groups is 3. The van der Waals surface area contributed by atoms with Gasteiger partial charge in [0, 0.05) is 5.92 Å². The van der Waals surface area contributed by atoms with Crippen LogP contribution in [0.15, 0.2) is 48.5 Å². The summed E-state index contributed by atoms with van der Waals surface area (Å²) < 4.78 is 5.57. The van der Waals surface area contributed by atoms with Crippen LogP contribution < -0.4 is 10.6 Å². The van der Waals surface area contributed by atoms with Gasteiger partial charge in [0.25, 0.3) is 0 Å². The first-order valence-corrected chi connectivity index (χ1v) is 12.2. The molecule has 0 saturated carbocycles. The number of ether oxygens (including phenoxy) is 1. The molecule has 0 bridgehead atoms. The molecule has 1 atom stereocenters. The molecular weight excluding hydrogens is 466 g/mol. The summed E-state index contributed by atoms with van der Waals surface area (Å²) in [4.78, 5) is 41.0. The summed E-state index contributed by atoms with van der Waals surface area (Å²) in [5, 5.41) is 15.1. The molecule has 2 aromatic carbocycles. The molecule has 1 aromatic heterocycles. The third-order valence-electron chi connectivity index (χ3n) is 6.02. The SMILES string of the molecule is Cc1nc(CNC(=O)[C@@H](NC(=O)OCC2c3ccccc3-c3ccccc32)C(C)C)sc1C(=O)O. The number of hydrogen-bond acceptors (Lipinski definition) is 6. The van der Waals surface area contributed by atoms with Gasteiger partial charge in [0.05, 0.1) is 12.2 Å². The Morgan fingerprint density at radius 1 is 1.06 bits per heavy atom. The van der Waals surface area contributed by atoms with Gasteiger partial charge in [-0.05, 0) is 35.1 Å². The molecule has 182 valence electrons. The Kier molecular flexibility index (Phi) is 7.16. The normalized spacial score (nSPS) is 13.1. The fourth-order valence-corrected chi connectivity index (χ4v) is 5.14. The Hall–Kier alpha value is -3.72. The number of aromatic carboxylic acids is 1. The van der Waals surface area contributed by atoms with Crippen molar-refractivity contribution >= 4 is 29.3 Å². The van der Waals surface area contributed by atoms with Gasteiger partial charge < -0.3 is 20.5 Å². The van der Waals surface area contributed by atoms with Crippen molar-refractivity contribution in [1.29, 1.82) is 0 Å². The molecule has 3 aromatic rings. The van der Waals surface area contributed by atoms with E-state index in [0.717, 1.165) is 33.6 Å². The number of aromatic nitrogens is 1. The van der Waals surface area contributed by atoms with Crippen LogP contribution in [0.25, 0.3) is 11.1 Å². The number of nitrogens with one attached hydrogen (secondary N) is 2. The first-order valence-electron chi connectivity index (χ1n) is 11.3. The standard InChI is InChI=1S/C26H27N3O5S/c1-14(2)22(24(30)27-12-21-28-15(3)23(35-21)25(31)32)29-26(33)34-13-20-18-10-6-4-8-16(18)17-9-5-7-11-19(17)20/h4-11,14,20,22H,12-13H2,1-3H3,(H,27,30)(H,29,33)(H,31,32)/t22-/m0/s1. The average molecular weight is 494 g/mol. The monoisotopic (exact) mass is 493 g/mol. The van der Waals surface area contributed by atoms with Crippen molar-refractivity contribution in [2.45, 2.75) is 39.3 Å². The molecule has 2 amide bonds. The van der Waals surface area contributed by atoms with E-state index >= 15 is 0 Å². The maximum absolute atomic E-state index is 12.8. The van der Waals surface area contributed by atoms with Gasteiger partial charge in [-0.2, -0.15) is 0 Å². The summed E-state index contributed by atoms with van der Waals surface area (Å²) in [6.07, 6.45) is -0.668. The zero-order valence-electron chi connectivity index (χ0n) is 19.7. The predicted molar refractivity (Wildman–Crippen MR) is 132 cm³/mol. The Bertz CT molecular complexity index is 1220. The van der Waals surface area contributed by atoms with E-state index in [9.17, 15) is 19.5 Å². The molecule has 1 heterocycles. The Balaban J connectivity index is 1.37. The highest BCUT2D eigenvalue weighted by molar-refractivity contribution is 7.13. The largest absolute Gasteiger partial charge is 0.477 e. The number of rotatable bonds is 8. The summed E-state index contributed by atoms with van der Waals surface area (Å²) in [5.74, 6) is -1.70. The van der Waals surface area contributed by atoms with Gasteiger partial charge in [-0.25, -0.2) is 14.6 Å². The summed E-state index contributed by atoms with van der Waals surface area (Å²) >= 11 is 1.02. The number of nitrogens with zero attached hydrogens (tertiary/aromatic N) is 1. The molecule has 4 rings (SSSR count). The van der Waals surface area contributed by atoms with E-state index in [1.165, 1.54) is 0 Å². The lowest BCUT2D eigenvalue weighted by Crippen LogP contribution is -2.49. The molecule has 0 radical (unpaired) electrons. The van der Waals surface area contributed by atoms with E-state index in [-0.39, 0.29) is 29.9 Å². The fourth-order valence-electron chi connectivity index (χ4n) is 4.30. The van der Waals surface area contributed by atoms with Crippen LogP contribution in [0.5, 0.6) is 0 Å². The first kappa shape index (κ1) is 24.4. The van der Waals surface area contributed by atoms with Crippen molar-refractivity contribution in [3.05, 3.63) is 75.2 Å². The van der Waals surface area contributed by atoms with E-state index < -0.39 is 24.0 Å². The number of hydrogen-bond donors (Lipinski definition) is 3. The first-order chi connectivity index (χ1) is 16.8. The van der Waals surface area contributed by atoms with Gasteiger partial charge in [-0.15, -0.1) is 11.3 Å². The Morgan fingerprint density at radius 3 is 2.20 bits per heavy atom. The van der Waals surface area contributed by atoms with Crippen LogP contribution in [0.1, 0.15) is 51.3 Å². The van der Waals surface area contributed by atoms with Gasteiger partial charge >= 0.3 is 12.1 Å². The molecule has 8 nitrogen and oxygen atoms in total. The van der Waals surface area contributed by atoms with Crippen molar-refractivity contribution in [1.82, 2.24) is 15.6 Å². The van der Waals surface area contributed by atoms with Crippen molar-refractivity contribution in [2.75, 3.05) is 6.61 Å².